The van der Waals surface area contributed by atoms with Gasteiger partial charge in [0.1, 0.15) is 24.8 Å². The average molecular weight is 610 g/mol. The monoisotopic (exact) mass is 609 g/mol. The number of hydrogen-bond donors (Lipinski definition) is 2. The zero-order chi connectivity index (χ0) is 32.5. The molecule has 0 aromatic carbocycles. The van der Waals surface area contributed by atoms with Gasteiger partial charge in [-0.2, -0.15) is 4.98 Å². The summed E-state index contributed by atoms with van der Waals surface area (Å²) >= 11 is 0. The van der Waals surface area contributed by atoms with Gasteiger partial charge >= 0.3 is 11.7 Å². The molecule has 3 N–H and O–H groups in total. The van der Waals surface area contributed by atoms with Gasteiger partial charge in [-0.15, -0.1) is 0 Å². The lowest BCUT2D eigenvalue weighted by atomic mass is 10.0. The molecule has 1 aliphatic rings. The van der Waals surface area contributed by atoms with E-state index in [1.54, 1.807) is 0 Å². The van der Waals surface area contributed by atoms with Crippen LogP contribution in [0.25, 0.3) is 0 Å². The molecule has 3 atom stereocenters. The summed E-state index contributed by atoms with van der Waals surface area (Å²) in [5.41, 5.74) is 11.9. The van der Waals surface area contributed by atoms with Crippen molar-refractivity contribution >= 4 is 11.8 Å². The molecule has 0 saturated carbocycles. The zero-order valence-electron chi connectivity index (χ0n) is 27.8. The van der Waals surface area contributed by atoms with Gasteiger partial charge in [-0.25, -0.2) is 4.79 Å². The van der Waals surface area contributed by atoms with Gasteiger partial charge in [0.05, 0.1) is 6.10 Å². The van der Waals surface area contributed by atoms with E-state index in [0.717, 1.165) is 56.9 Å². The Labute approximate surface area is 264 Å². The van der Waals surface area contributed by atoms with Crippen molar-refractivity contribution in [3.05, 3.63) is 81.0 Å². The molecule has 1 saturated heterocycles. The van der Waals surface area contributed by atoms with E-state index in [4.69, 9.17) is 15.2 Å². The number of nitrogen functional groups attached to an aromatic ring is 1. The van der Waals surface area contributed by atoms with Crippen LogP contribution in [0.2, 0.25) is 0 Å². The van der Waals surface area contributed by atoms with E-state index < -0.39 is 24.1 Å². The molecule has 0 amide bonds. The number of aliphatic hydroxyl groups excluding tert-OH is 1. The second-order valence-electron chi connectivity index (χ2n) is 12.3. The van der Waals surface area contributed by atoms with Gasteiger partial charge in [0.25, 0.3) is 0 Å². The first kappa shape index (κ1) is 37.0. The van der Waals surface area contributed by atoms with Gasteiger partial charge in [-0.1, -0.05) is 58.2 Å². The van der Waals surface area contributed by atoms with Crippen molar-refractivity contribution in [3.8, 4) is 0 Å². The number of anilines is 1. The number of carbonyl (C=O) groups is 1. The molecule has 1 aliphatic heterocycles. The quantitative estimate of drug-likeness (QED) is 0.0996. The highest BCUT2D eigenvalue weighted by molar-refractivity contribution is 5.69. The summed E-state index contributed by atoms with van der Waals surface area (Å²) in [6.07, 6.45) is 20.6. The van der Waals surface area contributed by atoms with Gasteiger partial charge in [0.2, 0.25) is 0 Å². The van der Waals surface area contributed by atoms with Gasteiger partial charge < -0.3 is 20.3 Å². The van der Waals surface area contributed by atoms with E-state index in [0.29, 0.717) is 6.42 Å². The molecule has 0 bridgehead atoms. The third-order valence-electron chi connectivity index (χ3n) is 7.80. The van der Waals surface area contributed by atoms with E-state index in [9.17, 15) is 14.7 Å². The van der Waals surface area contributed by atoms with Crippen LogP contribution in [-0.2, 0) is 14.3 Å². The number of ether oxygens (including phenoxy) is 2. The molecular formula is C36H55N3O5. The van der Waals surface area contributed by atoms with Crippen molar-refractivity contribution in [1.29, 1.82) is 0 Å². The first-order chi connectivity index (χ1) is 20.9. The maximum Gasteiger partial charge on any atom is 0.351 e. The summed E-state index contributed by atoms with van der Waals surface area (Å²) in [6, 6.07) is 1.49. The van der Waals surface area contributed by atoms with Gasteiger partial charge in [0.15, 0.2) is 0 Å². The van der Waals surface area contributed by atoms with Crippen LogP contribution >= 0.6 is 0 Å². The number of hydrogen-bond acceptors (Lipinski definition) is 7. The molecule has 1 fully saturated rings. The summed E-state index contributed by atoms with van der Waals surface area (Å²) in [4.78, 5) is 28.0. The molecule has 8 nitrogen and oxygen atoms in total. The summed E-state index contributed by atoms with van der Waals surface area (Å²) in [7, 11) is 0. The van der Waals surface area contributed by atoms with Crippen molar-refractivity contribution in [1.82, 2.24) is 9.55 Å². The van der Waals surface area contributed by atoms with Crippen LogP contribution in [0, 0.1) is 0 Å². The second-order valence-corrected chi connectivity index (χ2v) is 12.3. The number of rotatable bonds is 18. The topological polar surface area (TPSA) is 117 Å². The molecule has 0 spiro atoms. The Balaban J connectivity index is 1.60. The number of aromatic nitrogens is 2. The highest BCUT2D eigenvalue weighted by Gasteiger charge is 2.36. The number of allylic oxidation sites excluding steroid dienone is 10. The van der Waals surface area contributed by atoms with Crippen LogP contribution in [0.4, 0.5) is 5.82 Å². The molecule has 0 aliphatic carbocycles. The highest BCUT2D eigenvalue weighted by atomic mass is 16.6. The third kappa shape index (κ3) is 15.0. The maximum absolute atomic E-state index is 12.3. The molecule has 44 heavy (non-hydrogen) atoms. The third-order valence-corrected chi connectivity index (χ3v) is 7.80. The van der Waals surface area contributed by atoms with Crippen molar-refractivity contribution in [2.45, 2.75) is 131 Å². The lowest BCUT2D eigenvalue weighted by Crippen LogP contribution is -2.29. The Morgan fingerprint density at radius 1 is 0.886 bits per heavy atom. The van der Waals surface area contributed by atoms with Crippen LogP contribution in [0.1, 0.15) is 118 Å². The fourth-order valence-electron chi connectivity index (χ4n) is 4.98. The maximum atomic E-state index is 12.3. The van der Waals surface area contributed by atoms with Crippen molar-refractivity contribution in [2.24, 2.45) is 0 Å². The number of esters is 1. The minimum atomic E-state index is -0.852. The summed E-state index contributed by atoms with van der Waals surface area (Å²) in [6.45, 7) is 12.9. The van der Waals surface area contributed by atoms with Crippen LogP contribution in [-0.4, -0.2) is 39.4 Å². The molecule has 1 aromatic rings. The van der Waals surface area contributed by atoms with Crippen molar-refractivity contribution in [2.75, 3.05) is 12.3 Å². The molecular weight excluding hydrogens is 554 g/mol. The fraction of sp³-hybridized carbons (Fsp3) is 0.583. The summed E-state index contributed by atoms with van der Waals surface area (Å²) in [5, 5.41) is 10.3. The van der Waals surface area contributed by atoms with Crippen molar-refractivity contribution < 1.29 is 19.4 Å². The van der Waals surface area contributed by atoms with Crippen LogP contribution in [0.3, 0.4) is 0 Å². The zero-order valence-corrected chi connectivity index (χ0v) is 27.8. The molecule has 8 heteroatoms. The molecule has 2 heterocycles. The lowest BCUT2D eigenvalue weighted by Gasteiger charge is -2.16. The summed E-state index contributed by atoms with van der Waals surface area (Å²) in [5.74, 6) is -0.218. The number of unbranched alkanes of at least 4 members (excludes halogenated alkanes) is 1. The molecule has 244 valence electrons. The predicted molar refractivity (Wildman–Crippen MR) is 179 cm³/mol. The lowest BCUT2D eigenvalue weighted by molar-refractivity contribution is -0.150. The minimum Gasteiger partial charge on any atom is -0.463 e. The normalized spacial score (nSPS) is 19.8. The Morgan fingerprint density at radius 3 is 1.95 bits per heavy atom. The Bertz CT molecular complexity index is 1270. The molecule has 0 radical (unpaired) electrons. The molecule has 0 unspecified atom stereocenters. The van der Waals surface area contributed by atoms with Gasteiger partial charge in [-0.05, 0) is 105 Å². The van der Waals surface area contributed by atoms with Crippen LogP contribution in [0.15, 0.2) is 75.3 Å². The molecule has 1 aromatic heterocycles. The standard InChI is InChI=1S/C36H55N3O5/c1-26(2)12-9-15-29(5)18-10-16-27(3)13-7-8-14-28(4)17-11-19-30(6)20-21-35(41)43-25-32-31(40)24-34(44-32)39-23-22-33(37)38-36(39)42/h12-14,18-19,22-23,31-32,34,40H,7-11,15-17,20-21,24-25H2,1-6H3,(H2,37,38,42)/b27-13+,28-14+,29-18+,30-19+/t31-,32+,34+/m0/s1. The number of aliphatic hydroxyl groups is 1. The van der Waals surface area contributed by atoms with E-state index >= 15 is 0 Å². The SMILES string of the molecule is CC(C)=CCC/C(C)=C/CC/C(C)=C/CC/C=C(\C)CC/C=C(\C)CCC(=O)OC[C@H]1O[C@@H](n2ccc(N)nc2=O)C[C@@H]1O. The number of carbonyl (C=O) groups excluding carboxylic acids is 1. The summed E-state index contributed by atoms with van der Waals surface area (Å²) < 4.78 is 12.4. The predicted octanol–water partition coefficient (Wildman–Crippen LogP) is 7.67. The second kappa shape index (κ2) is 19.9. The Morgan fingerprint density at radius 2 is 1.41 bits per heavy atom. The highest BCUT2D eigenvalue weighted by Crippen LogP contribution is 2.28. The minimum absolute atomic E-state index is 0.0667. The largest absolute Gasteiger partial charge is 0.463 e. The van der Waals surface area contributed by atoms with E-state index in [2.05, 4.69) is 70.0 Å². The number of nitrogens with two attached hydrogens (primary N) is 1. The Kier molecular flexibility index (Phi) is 16.7. The average Bonchev–Trinajstić information content (AvgIpc) is 3.32. The van der Waals surface area contributed by atoms with Crippen LogP contribution in [0.5, 0.6) is 0 Å². The Hall–Kier alpha value is -3.23. The van der Waals surface area contributed by atoms with Gasteiger partial charge in [-0.3, -0.25) is 9.36 Å². The smallest absolute Gasteiger partial charge is 0.351 e. The first-order valence-electron chi connectivity index (χ1n) is 16.0. The van der Waals surface area contributed by atoms with Crippen molar-refractivity contribution in [3.63, 3.8) is 0 Å². The van der Waals surface area contributed by atoms with Crippen LogP contribution < -0.4 is 11.4 Å². The molecule has 2 rings (SSSR count). The van der Waals surface area contributed by atoms with E-state index in [-0.39, 0.29) is 31.2 Å². The fourth-order valence-corrected chi connectivity index (χ4v) is 4.98. The van der Waals surface area contributed by atoms with E-state index in [1.807, 2.05) is 6.92 Å². The first-order valence-corrected chi connectivity index (χ1v) is 16.0. The van der Waals surface area contributed by atoms with Gasteiger partial charge in [0, 0.05) is 19.0 Å². The number of nitrogens with zero attached hydrogens (tertiary/aromatic N) is 2. The van der Waals surface area contributed by atoms with E-state index in [1.165, 1.54) is 39.1 Å².